The van der Waals surface area contributed by atoms with Crippen LogP contribution in [-0.4, -0.2) is 15.9 Å². The maximum atomic E-state index is 12.7. The molecule has 4 aromatic rings. The zero-order valence-electron chi connectivity index (χ0n) is 15.5. The summed E-state index contributed by atoms with van der Waals surface area (Å²) in [5, 5.41) is 0.499. The Hall–Kier alpha value is -3.45. The van der Waals surface area contributed by atoms with Crippen molar-refractivity contribution in [2.45, 2.75) is 19.6 Å². The van der Waals surface area contributed by atoms with Gasteiger partial charge in [0.1, 0.15) is 17.2 Å². The summed E-state index contributed by atoms with van der Waals surface area (Å²) < 4.78 is 11.3. The molecule has 0 spiro atoms. The topological polar surface area (TPSA) is 81.3 Å². The van der Waals surface area contributed by atoms with E-state index >= 15 is 0 Å². The molecule has 0 aliphatic carbocycles. The van der Waals surface area contributed by atoms with E-state index in [9.17, 15) is 9.59 Å². The zero-order chi connectivity index (χ0) is 20.0. The van der Waals surface area contributed by atoms with Crippen LogP contribution in [-0.2, 0) is 11.3 Å². The van der Waals surface area contributed by atoms with Gasteiger partial charge in [-0.3, -0.25) is 4.79 Å². The highest BCUT2D eigenvalue weighted by Gasteiger charge is 2.24. The number of ether oxygens (including phenoxy) is 2. The number of nitrogens with zero attached hydrogens (tertiary/aromatic N) is 1. The average Bonchev–Trinajstić information content (AvgIpc) is 3.19. The van der Waals surface area contributed by atoms with Gasteiger partial charge in [0.2, 0.25) is 0 Å². The van der Waals surface area contributed by atoms with Crippen molar-refractivity contribution in [2.24, 2.45) is 0 Å². The van der Waals surface area contributed by atoms with Crippen LogP contribution >= 0.6 is 11.3 Å². The molecule has 6 nitrogen and oxygen atoms in total. The molecule has 0 fully saturated rings. The molecule has 0 unspecified atom stereocenters. The van der Waals surface area contributed by atoms with E-state index in [-0.39, 0.29) is 5.56 Å². The average molecular weight is 404 g/mol. The number of hydrogen-bond acceptors (Lipinski definition) is 6. The third-order valence-corrected chi connectivity index (χ3v) is 6.02. The van der Waals surface area contributed by atoms with Crippen molar-refractivity contribution in [3.05, 3.63) is 81.2 Å². The lowest BCUT2D eigenvalue weighted by molar-refractivity contribution is 0.0326. The molecule has 3 heterocycles. The molecule has 0 saturated heterocycles. The number of thiophene rings is 1. The van der Waals surface area contributed by atoms with E-state index < -0.39 is 12.1 Å². The van der Waals surface area contributed by atoms with Gasteiger partial charge in [-0.05, 0) is 37.3 Å². The third kappa shape index (κ3) is 3.09. The molecule has 1 atom stereocenters. The van der Waals surface area contributed by atoms with Gasteiger partial charge in [-0.1, -0.05) is 24.3 Å². The minimum Gasteiger partial charge on any atom is -0.488 e. The summed E-state index contributed by atoms with van der Waals surface area (Å²) in [6.45, 7) is 2.11. The number of benzene rings is 2. The molecule has 0 bridgehead atoms. The van der Waals surface area contributed by atoms with Crippen LogP contribution in [0, 0.1) is 0 Å². The van der Waals surface area contributed by atoms with Crippen molar-refractivity contribution in [3.8, 4) is 16.2 Å². The number of rotatable bonds is 3. The Kier molecular flexibility index (Phi) is 4.17. The molecule has 1 aliphatic rings. The van der Waals surface area contributed by atoms with Crippen LogP contribution in [0.3, 0.4) is 0 Å². The number of fused-ring (bicyclic) bond motifs is 4. The highest BCUT2D eigenvalue weighted by molar-refractivity contribution is 7.17. The first-order chi connectivity index (χ1) is 14.1. The second-order valence-electron chi connectivity index (χ2n) is 6.77. The van der Waals surface area contributed by atoms with Gasteiger partial charge in [0.15, 0.2) is 11.9 Å². The summed E-state index contributed by atoms with van der Waals surface area (Å²) >= 11 is 1.38. The van der Waals surface area contributed by atoms with E-state index in [1.54, 1.807) is 25.1 Å². The van der Waals surface area contributed by atoms with Crippen LogP contribution in [0.2, 0.25) is 0 Å². The first kappa shape index (κ1) is 17.6. The highest BCUT2D eigenvalue weighted by Crippen LogP contribution is 2.42. The lowest BCUT2D eigenvalue weighted by Gasteiger charge is -2.16. The summed E-state index contributed by atoms with van der Waals surface area (Å²) in [6, 6.07) is 16.6. The molecule has 29 heavy (non-hydrogen) atoms. The van der Waals surface area contributed by atoms with Crippen LogP contribution in [0.25, 0.3) is 21.3 Å². The van der Waals surface area contributed by atoms with E-state index in [2.05, 4.69) is 9.97 Å². The Labute approximate surface area is 169 Å². The molecule has 2 aromatic heterocycles. The van der Waals surface area contributed by atoms with Gasteiger partial charge in [-0.15, -0.1) is 11.3 Å². The third-order valence-electron chi connectivity index (χ3n) is 4.83. The number of esters is 1. The predicted molar refractivity (Wildman–Crippen MR) is 110 cm³/mol. The number of aromatic nitrogens is 2. The molecular formula is C22H16N2O4S. The SMILES string of the molecule is C[C@H](OC(=O)c1cc2c(s1)-c1ccccc1OC2)c1nc2ccccc2c(=O)[nH]1. The van der Waals surface area contributed by atoms with Gasteiger partial charge < -0.3 is 14.5 Å². The van der Waals surface area contributed by atoms with E-state index in [4.69, 9.17) is 9.47 Å². The number of nitrogens with one attached hydrogen (secondary N) is 1. The Balaban J connectivity index is 1.42. The quantitative estimate of drug-likeness (QED) is 0.510. The predicted octanol–water partition coefficient (Wildman–Crippen LogP) is 4.46. The van der Waals surface area contributed by atoms with Gasteiger partial charge in [-0.25, -0.2) is 9.78 Å². The van der Waals surface area contributed by atoms with Crippen molar-refractivity contribution < 1.29 is 14.3 Å². The minimum atomic E-state index is -0.692. The maximum Gasteiger partial charge on any atom is 0.349 e. The summed E-state index contributed by atoms with van der Waals surface area (Å²) in [5.41, 5.74) is 2.25. The van der Waals surface area contributed by atoms with Gasteiger partial charge >= 0.3 is 5.97 Å². The summed E-state index contributed by atoms with van der Waals surface area (Å²) in [6.07, 6.45) is -0.692. The number of H-pyrrole nitrogens is 1. The van der Waals surface area contributed by atoms with E-state index in [0.29, 0.717) is 28.2 Å². The van der Waals surface area contributed by atoms with Gasteiger partial charge in [0.05, 0.1) is 10.9 Å². The van der Waals surface area contributed by atoms with Crippen LogP contribution in [0.4, 0.5) is 0 Å². The van der Waals surface area contributed by atoms with Crippen molar-refractivity contribution in [1.29, 1.82) is 0 Å². The summed E-state index contributed by atoms with van der Waals surface area (Å²) in [4.78, 5) is 33.6. The number of carbonyl (C=O) groups is 1. The number of para-hydroxylation sites is 2. The Bertz CT molecular complexity index is 1310. The van der Waals surface area contributed by atoms with Crippen molar-refractivity contribution >= 4 is 28.2 Å². The minimum absolute atomic E-state index is 0.256. The molecule has 0 radical (unpaired) electrons. The summed E-state index contributed by atoms with van der Waals surface area (Å²) in [7, 11) is 0. The van der Waals surface area contributed by atoms with Crippen LogP contribution < -0.4 is 10.3 Å². The van der Waals surface area contributed by atoms with Crippen molar-refractivity contribution in [1.82, 2.24) is 9.97 Å². The van der Waals surface area contributed by atoms with Crippen molar-refractivity contribution in [3.63, 3.8) is 0 Å². The molecule has 2 aromatic carbocycles. The molecule has 1 aliphatic heterocycles. The molecule has 0 saturated carbocycles. The van der Waals surface area contributed by atoms with Crippen LogP contribution in [0.1, 0.15) is 34.1 Å². The molecule has 0 amide bonds. The maximum absolute atomic E-state index is 12.7. The monoisotopic (exact) mass is 404 g/mol. The lowest BCUT2D eigenvalue weighted by Crippen LogP contribution is -2.17. The second-order valence-corrected chi connectivity index (χ2v) is 7.82. The molecule has 1 N–H and O–H groups in total. The Morgan fingerprint density at radius 1 is 1.21 bits per heavy atom. The Morgan fingerprint density at radius 3 is 2.90 bits per heavy atom. The van der Waals surface area contributed by atoms with Crippen molar-refractivity contribution in [2.75, 3.05) is 0 Å². The molecule has 7 heteroatoms. The zero-order valence-corrected chi connectivity index (χ0v) is 16.3. The smallest absolute Gasteiger partial charge is 0.349 e. The van der Waals surface area contributed by atoms with Gasteiger partial charge in [0, 0.05) is 16.0 Å². The first-order valence-corrected chi connectivity index (χ1v) is 9.96. The number of hydrogen-bond donors (Lipinski definition) is 1. The van der Waals surface area contributed by atoms with Gasteiger partial charge in [0.25, 0.3) is 5.56 Å². The fraction of sp³-hybridized carbons (Fsp3) is 0.136. The fourth-order valence-corrected chi connectivity index (χ4v) is 4.45. The number of aromatic amines is 1. The highest BCUT2D eigenvalue weighted by atomic mass is 32.1. The van der Waals surface area contributed by atoms with E-state index in [1.807, 2.05) is 36.4 Å². The van der Waals surface area contributed by atoms with E-state index in [1.165, 1.54) is 11.3 Å². The molecule has 5 rings (SSSR count). The van der Waals surface area contributed by atoms with E-state index in [0.717, 1.165) is 21.8 Å². The van der Waals surface area contributed by atoms with Crippen LogP contribution in [0.5, 0.6) is 5.75 Å². The number of carbonyl (C=O) groups excluding carboxylic acids is 1. The van der Waals surface area contributed by atoms with Crippen LogP contribution in [0.15, 0.2) is 59.4 Å². The van der Waals surface area contributed by atoms with Gasteiger partial charge in [-0.2, -0.15) is 0 Å². The second kappa shape index (κ2) is 6.86. The lowest BCUT2D eigenvalue weighted by atomic mass is 10.1. The normalized spacial score (nSPS) is 13.3. The summed E-state index contributed by atoms with van der Waals surface area (Å²) in [5.74, 6) is 0.676. The fourth-order valence-electron chi connectivity index (χ4n) is 3.37. The Morgan fingerprint density at radius 2 is 2.00 bits per heavy atom. The largest absolute Gasteiger partial charge is 0.488 e. The first-order valence-electron chi connectivity index (χ1n) is 9.15. The molecule has 144 valence electrons. The molecular weight excluding hydrogens is 388 g/mol. The standard InChI is InChI=1S/C22H16N2O4S/c1-12(20-23-16-8-4-2-6-14(16)21(25)24-20)28-22(26)18-10-13-11-27-17-9-5-3-7-15(17)19(13)29-18/h2-10,12H,11H2,1H3,(H,23,24,25)/t12-/m0/s1.